The first-order valence-electron chi connectivity index (χ1n) is 6.18. The highest BCUT2D eigenvalue weighted by Gasteiger charge is 2.15. The van der Waals surface area contributed by atoms with Crippen LogP contribution in [-0.4, -0.2) is 6.61 Å². The van der Waals surface area contributed by atoms with Gasteiger partial charge >= 0.3 is 0 Å². The van der Waals surface area contributed by atoms with E-state index in [1.807, 2.05) is 6.08 Å². The molecule has 92 valence electrons. The fourth-order valence-electron chi connectivity index (χ4n) is 2.24. The first-order chi connectivity index (χ1) is 8.35. The minimum absolute atomic E-state index is 0.223. The average molecular weight is 232 g/mol. The lowest BCUT2D eigenvalue weighted by Gasteiger charge is -2.16. The zero-order chi connectivity index (χ0) is 12.1. The molecule has 0 aromatic heterocycles. The van der Waals surface area contributed by atoms with Gasteiger partial charge < -0.3 is 4.74 Å². The summed E-state index contributed by atoms with van der Waals surface area (Å²) in [5, 5.41) is 0. The topological polar surface area (TPSA) is 47.3 Å². The van der Waals surface area contributed by atoms with Crippen molar-refractivity contribution >= 4 is 0 Å². The lowest BCUT2D eigenvalue weighted by Crippen LogP contribution is -2.28. The number of nitrogens with one attached hydrogen (secondary N) is 1. The highest BCUT2D eigenvalue weighted by Crippen LogP contribution is 2.29. The summed E-state index contributed by atoms with van der Waals surface area (Å²) in [5.74, 6) is 6.65. The van der Waals surface area contributed by atoms with Crippen molar-refractivity contribution in [2.45, 2.75) is 31.7 Å². The molecule has 3 heteroatoms. The Morgan fingerprint density at radius 2 is 2.41 bits per heavy atom. The molecule has 3 nitrogen and oxygen atoms in total. The molecule has 0 fully saturated rings. The van der Waals surface area contributed by atoms with Gasteiger partial charge in [0.05, 0.1) is 6.61 Å². The molecule has 3 N–H and O–H groups in total. The molecule has 0 aliphatic carbocycles. The van der Waals surface area contributed by atoms with Crippen LogP contribution in [0.5, 0.6) is 5.75 Å². The SMILES string of the molecule is C=CCCCC(NN)c1ccc2c(c1)CCO2. The number of unbranched alkanes of at least 4 members (excludes halogenated alkanes) is 1. The zero-order valence-electron chi connectivity index (χ0n) is 10.1. The minimum Gasteiger partial charge on any atom is -0.493 e. The number of ether oxygens (including phenoxy) is 1. The fraction of sp³-hybridized carbons (Fsp3) is 0.429. The van der Waals surface area contributed by atoms with E-state index in [1.54, 1.807) is 0 Å². The number of hydrogen-bond acceptors (Lipinski definition) is 3. The molecule has 1 aromatic rings. The molecule has 0 radical (unpaired) electrons. The smallest absolute Gasteiger partial charge is 0.122 e. The number of allylic oxidation sites excluding steroid dienone is 1. The largest absolute Gasteiger partial charge is 0.493 e. The fourth-order valence-corrected chi connectivity index (χ4v) is 2.24. The zero-order valence-corrected chi connectivity index (χ0v) is 10.1. The normalized spacial score (nSPS) is 15.1. The summed E-state index contributed by atoms with van der Waals surface area (Å²) >= 11 is 0. The molecule has 2 rings (SSSR count). The maximum absolute atomic E-state index is 5.63. The van der Waals surface area contributed by atoms with Gasteiger partial charge in [0.25, 0.3) is 0 Å². The molecule has 0 spiro atoms. The Morgan fingerprint density at radius 3 is 3.18 bits per heavy atom. The van der Waals surface area contributed by atoms with Crippen molar-refractivity contribution in [1.29, 1.82) is 0 Å². The van der Waals surface area contributed by atoms with Crippen LogP contribution in [0.2, 0.25) is 0 Å². The van der Waals surface area contributed by atoms with Crippen molar-refractivity contribution in [3.05, 3.63) is 42.0 Å². The van der Waals surface area contributed by atoms with Crippen molar-refractivity contribution in [3.63, 3.8) is 0 Å². The van der Waals surface area contributed by atoms with Crippen molar-refractivity contribution < 1.29 is 4.74 Å². The summed E-state index contributed by atoms with van der Waals surface area (Å²) in [5.41, 5.74) is 5.44. The highest BCUT2D eigenvalue weighted by molar-refractivity contribution is 5.40. The number of rotatable bonds is 6. The Bertz CT molecular complexity index is 390. The van der Waals surface area contributed by atoms with E-state index in [9.17, 15) is 0 Å². The van der Waals surface area contributed by atoms with E-state index in [0.29, 0.717) is 0 Å². The van der Waals surface area contributed by atoms with Gasteiger partial charge in [-0.05, 0) is 36.5 Å². The van der Waals surface area contributed by atoms with Crippen molar-refractivity contribution in [2.75, 3.05) is 6.61 Å². The van der Waals surface area contributed by atoms with Gasteiger partial charge in [-0.15, -0.1) is 6.58 Å². The Balaban J connectivity index is 2.05. The molecule has 0 bridgehead atoms. The summed E-state index contributed by atoms with van der Waals surface area (Å²) in [4.78, 5) is 0. The Kier molecular flexibility index (Phi) is 4.18. The lowest BCUT2D eigenvalue weighted by atomic mass is 9.99. The third-order valence-electron chi connectivity index (χ3n) is 3.22. The Morgan fingerprint density at radius 1 is 1.53 bits per heavy atom. The van der Waals surface area contributed by atoms with Gasteiger partial charge in [0.1, 0.15) is 5.75 Å². The predicted molar refractivity (Wildman–Crippen MR) is 69.8 cm³/mol. The van der Waals surface area contributed by atoms with Crippen LogP contribution in [0, 0.1) is 0 Å². The summed E-state index contributed by atoms with van der Waals surface area (Å²) in [6.07, 6.45) is 6.12. The molecule has 1 aliphatic rings. The van der Waals surface area contributed by atoms with Crippen LogP contribution >= 0.6 is 0 Å². The molecule has 0 saturated heterocycles. The molecule has 1 aliphatic heterocycles. The van der Waals surface area contributed by atoms with Crippen LogP contribution in [-0.2, 0) is 6.42 Å². The standard InChI is InChI=1S/C14H20N2O/c1-2-3-4-5-13(16-15)11-6-7-14-12(10-11)8-9-17-14/h2,6-7,10,13,16H,1,3-5,8-9,15H2. The maximum atomic E-state index is 5.63. The number of benzene rings is 1. The second kappa shape index (κ2) is 5.84. The monoisotopic (exact) mass is 232 g/mol. The van der Waals surface area contributed by atoms with E-state index in [4.69, 9.17) is 10.6 Å². The van der Waals surface area contributed by atoms with Gasteiger partial charge in [0.2, 0.25) is 0 Å². The molecule has 17 heavy (non-hydrogen) atoms. The van der Waals surface area contributed by atoms with Crippen LogP contribution in [0.3, 0.4) is 0 Å². The van der Waals surface area contributed by atoms with Gasteiger partial charge in [-0.2, -0.15) is 0 Å². The van der Waals surface area contributed by atoms with E-state index >= 15 is 0 Å². The Labute approximate surface area is 103 Å². The van der Waals surface area contributed by atoms with E-state index < -0.39 is 0 Å². The summed E-state index contributed by atoms with van der Waals surface area (Å²) in [6.45, 7) is 4.54. The number of fused-ring (bicyclic) bond motifs is 1. The molecule has 1 aromatic carbocycles. The second-order valence-corrected chi connectivity index (χ2v) is 4.40. The number of nitrogens with two attached hydrogens (primary N) is 1. The summed E-state index contributed by atoms with van der Waals surface area (Å²) in [6, 6.07) is 6.58. The predicted octanol–water partition coefficient (Wildman–Crippen LogP) is 2.48. The van der Waals surface area contributed by atoms with Crippen LogP contribution in [0.4, 0.5) is 0 Å². The van der Waals surface area contributed by atoms with Gasteiger partial charge in [0.15, 0.2) is 0 Å². The number of hydrogen-bond donors (Lipinski definition) is 2. The van der Waals surface area contributed by atoms with Gasteiger partial charge in [-0.1, -0.05) is 18.2 Å². The van der Waals surface area contributed by atoms with Crippen LogP contribution in [0.1, 0.15) is 36.4 Å². The van der Waals surface area contributed by atoms with Crippen molar-refractivity contribution in [1.82, 2.24) is 5.43 Å². The molecule has 0 amide bonds. The number of hydrazine groups is 1. The second-order valence-electron chi connectivity index (χ2n) is 4.40. The first-order valence-corrected chi connectivity index (χ1v) is 6.18. The molecular formula is C14H20N2O. The molecule has 1 unspecified atom stereocenters. The third-order valence-corrected chi connectivity index (χ3v) is 3.22. The van der Waals surface area contributed by atoms with E-state index in [1.165, 1.54) is 11.1 Å². The lowest BCUT2D eigenvalue weighted by molar-refractivity contribution is 0.356. The molecule has 1 atom stereocenters. The van der Waals surface area contributed by atoms with Crippen molar-refractivity contribution in [3.8, 4) is 5.75 Å². The van der Waals surface area contributed by atoms with Gasteiger partial charge in [-0.25, -0.2) is 0 Å². The highest BCUT2D eigenvalue weighted by atomic mass is 16.5. The van der Waals surface area contributed by atoms with Crippen molar-refractivity contribution in [2.24, 2.45) is 5.84 Å². The van der Waals surface area contributed by atoms with Crippen LogP contribution in [0.15, 0.2) is 30.9 Å². The van der Waals surface area contributed by atoms with E-state index in [0.717, 1.165) is 38.0 Å². The minimum atomic E-state index is 0.223. The summed E-state index contributed by atoms with van der Waals surface area (Å²) < 4.78 is 5.50. The average Bonchev–Trinajstić information content (AvgIpc) is 2.82. The van der Waals surface area contributed by atoms with Gasteiger partial charge in [0, 0.05) is 12.5 Å². The first kappa shape index (κ1) is 12.1. The molecule has 1 heterocycles. The summed E-state index contributed by atoms with van der Waals surface area (Å²) in [7, 11) is 0. The third kappa shape index (κ3) is 2.87. The van der Waals surface area contributed by atoms with E-state index in [-0.39, 0.29) is 6.04 Å². The van der Waals surface area contributed by atoms with Crippen LogP contribution in [0.25, 0.3) is 0 Å². The Hall–Kier alpha value is -1.32. The van der Waals surface area contributed by atoms with E-state index in [2.05, 4.69) is 30.2 Å². The quantitative estimate of drug-likeness (QED) is 0.343. The maximum Gasteiger partial charge on any atom is 0.122 e. The molecule has 0 saturated carbocycles. The molecular weight excluding hydrogens is 212 g/mol. The van der Waals surface area contributed by atoms with Crippen LogP contribution < -0.4 is 16.0 Å². The van der Waals surface area contributed by atoms with Gasteiger partial charge in [-0.3, -0.25) is 11.3 Å².